The molecule has 0 radical (unpaired) electrons. The highest BCUT2D eigenvalue weighted by molar-refractivity contribution is 5.35. The van der Waals surface area contributed by atoms with Crippen molar-refractivity contribution in [3.8, 4) is 5.75 Å². The Hall–Kier alpha value is -1.98. The molecule has 3 N–H and O–H groups in total. The molecule has 20 heavy (non-hydrogen) atoms. The predicted molar refractivity (Wildman–Crippen MR) is 75.7 cm³/mol. The molecule has 5 heteroatoms. The van der Waals surface area contributed by atoms with E-state index < -0.39 is 0 Å². The molecular weight excluding hydrogens is 257 g/mol. The number of pyridine rings is 1. The largest absolute Gasteiger partial charge is 0.495 e. The summed E-state index contributed by atoms with van der Waals surface area (Å²) in [7, 11) is 1.59. The first kappa shape index (κ1) is 14.4. The molecule has 0 saturated carbocycles. The quantitative estimate of drug-likeness (QED) is 0.649. The van der Waals surface area contributed by atoms with Crippen molar-refractivity contribution in [2.75, 3.05) is 7.11 Å². The molecule has 1 aromatic heterocycles. The van der Waals surface area contributed by atoms with Crippen LogP contribution in [0.2, 0.25) is 0 Å². The first-order valence-electron chi connectivity index (χ1n) is 6.34. The van der Waals surface area contributed by atoms with Gasteiger partial charge in [0.1, 0.15) is 11.6 Å². The van der Waals surface area contributed by atoms with Crippen LogP contribution in [0.5, 0.6) is 5.75 Å². The zero-order chi connectivity index (χ0) is 14.5. The van der Waals surface area contributed by atoms with Gasteiger partial charge < -0.3 is 4.74 Å². The molecule has 1 atom stereocenters. The van der Waals surface area contributed by atoms with E-state index in [0.717, 1.165) is 16.7 Å². The number of hydrazine groups is 1. The molecule has 0 bridgehead atoms. The Bertz CT molecular complexity index is 589. The standard InChI is InChI=1S/C15H18FN3O/c1-10-7-12(16)4-3-11(10)8-14(19-17)13-5-6-18-9-15(13)20-2/h3-7,9,14,19H,8,17H2,1-2H3. The normalized spacial score (nSPS) is 12.2. The second-order valence-corrected chi connectivity index (χ2v) is 4.61. The molecule has 0 spiro atoms. The zero-order valence-electron chi connectivity index (χ0n) is 11.6. The van der Waals surface area contributed by atoms with Crippen LogP contribution in [0.15, 0.2) is 36.7 Å². The lowest BCUT2D eigenvalue weighted by molar-refractivity contribution is 0.397. The van der Waals surface area contributed by atoms with Crippen LogP contribution in [0.25, 0.3) is 0 Å². The van der Waals surface area contributed by atoms with Crippen molar-refractivity contribution in [3.05, 3.63) is 59.2 Å². The van der Waals surface area contributed by atoms with Crippen molar-refractivity contribution < 1.29 is 9.13 Å². The number of benzene rings is 1. The lowest BCUT2D eigenvalue weighted by Gasteiger charge is -2.19. The third-order valence-corrected chi connectivity index (χ3v) is 3.34. The number of hydrogen-bond donors (Lipinski definition) is 2. The monoisotopic (exact) mass is 275 g/mol. The Morgan fingerprint density at radius 2 is 2.20 bits per heavy atom. The Morgan fingerprint density at radius 3 is 2.85 bits per heavy atom. The first-order valence-corrected chi connectivity index (χ1v) is 6.34. The van der Waals surface area contributed by atoms with Crippen molar-refractivity contribution in [1.82, 2.24) is 10.4 Å². The highest BCUT2D eigenvalue weighted by Gasteiger charge is 2.16. The minimum atomic E-state index is -0.231. The van der Waals surface area contributed by atoms with Gasteiger partial charge in [-0.2, -0.15) is 0 Å². The van der Waals surface area contributed by atoms with Crippen molar-refractivity contribution in [2.24, 2.45) is 5.84 Å². The van der Waals surface area contributed by atoms with Crippen LogP contribution in [-0.4, -0.2) is 12.1 Å². The second kappa shape index (κ2) is 6.45. The van der Waals surface area contributed by atoms with Gasteiger partial charge in [0.15, 0.2) is 0 Å². The molecule has 0 saturated heterocycles. The summed E-state index contributed by atoms with van der Waals surface area (Å²) < 4.78 is 18.4. The molecule has 0 fully saturated rings. The summed E-state index contributed by atoms with van der Waals surface area (Å²) in [5.74, 6) is 6.10. The highest BCUT2D eigenvalue weighted by atomic mass is 19.1. The topological polar surface area (TPSA) is 60.2 Å². The summed E-state index contributed by atoms with van der Waals surface area (Å²) in [6.45, 7) is 1.88. The van der Waals surface area contributed by atoms with Gasteiger partial charge in [-0.1, -0.05) is 6.07 Å². The van der Waals surface area contributed by atoms with E-state index >= 15 is 0 Å². The molecule has 1 aromatic carbocycles. The van der Waals surface area contributed by atoms with E-state index in [2.05, 4.69) is 10.4 Å². The van der Waals surface area contributed by atoms with E-state index in [4.69, 9.17) is 10.6 Å². The minimum Gasteiger partial charge on any atom is -0.495 e. The number of nitrogens with zero attached hydrogens (tertiary/aromatic N) is 1. The predicted octanol–water partition coefficient (Wildman–Crippen LogP) is 2.28. The summed E-state index contributed by atoms with van der Waals surface area (Å²) in [6, 6.07) is 6.49. The average Bonchev–Trinajstić information content (AvgIpc) is 2.46. The number of aryl methyl sites for hydroxylation is 1. The lowest BCUT2D eigenvalue weighted by atomic mass is 9.96. The van der Waals surface area contributed by atoms with E-state index in [-0.39, 0.29) is 11.9 Å². The average molecular weight is 275 g/mol. The van der Waals surface area contributed by atoms with E-state index in [1.54, 1.807) is 25.6 Å². The van der Waals surface area contributed by atoms with Gasteiger partial charge >= 0.3 is 0 Å². The summed E-state index contributed by atoms with van der Waals surface area (Å²) >= 11 is 0. The number of nitrogens with two attached hydrogens (primary N) is 1. The summed E-state index contributed by atoms with van der Waals surface area (Å²) in [4.78, 5) is 4.03. The molecule has 106 valence electrons. The number of halogens is 1. The first-order chi connectivity index (χ1) is 9.65. The molecule has 0 aliphatic carbocycles. The third-order valence-electron chi connectivity index (χ3n) is 3.34. The zero-order valence-corrected chi connectivity index (χ0v) is 11.6. The Kier molecular flexibility index (Phi) is 4.65. The van der Waals surface area contributed by atoms with Crippen LogP contribution >= 0.6 is 0 Å². The molecule has 2 rings (SSSR count). The molecule has 4 nitrogen and oxygen atoms in total. The van der Waals surface area contributed by atoms with Crippen molar-refractivity contribution in [2.45, 2.75) is 19.4 Å². The lowest BCUT2D eigenvalue weighted by Crippen LogP contribution is -2.30. The third kappa shape index (κ3) is 3.12. The number of methoxy groups -OCH3 is 1. The van der Waals surface area contributed by atoms with Gasteiger partial charge in [-0.15, -0.1) is 0 Å². The maximum Gasteiger partial charge on any atom is 0.141 e. The molecule has 1 unspecified atom stereocenters. The number of hydrogen-bond acceptors (Lipinski definition) is 4. The number of ether oxygens (including phenoxy) is 1. The van der Waals surface area contributed by atoms with Crippen LogP contribution in [-0.2, 0) is 6.42 Å². The van der Waals surface area contributed by atoms with Gasteiger partial charge in [0.25, 0.3) is 0 Å². The summed E-state index contributed by atoms with van der Waals surface area (Å²) in [6.07, 6.45) is 3.99. The van der Waals surface area contributed by atoms with E-state index in [1.165, 1.54) is 12.1 Å². The Morgan fingerprint density at radius 1 is 1.40 bits per heavy atom. The van der Waals surface area contributed by atoms with Gasteiger partial charge in [0.05, 0.1) is 19.3 Å². The van der Waals surface area contributed by atoms with E-state index in [0.29, 0.717) is 12.2 Å². The van der Waals surface area contributed by atoms with Crippen LogP contribution < -0.4 is 16.0 Å². The van der Waals surface area contributed by atoms with Crippen molar-refractivity contribution in [1.29, 1.82) is 0 Å². The van der Waals surface area contributed by atoms with Gasteiger partial charge in [0.2, 0.25) is 0 Å². The van der Waals surface area contributed by atoms with Crippen molar-refractivity contribution >= 4 is 0 Å². The van der Waals surface area contributed by atoms with Gasteiger partial charge in [-0.3, -0.25) is 16.3 Å². The molecule has 0 aliphatic rings. The Balaban J connectivity index is 2.29. The van der Waals surface area contributed by atoms with Gasteiger partial charge in [-0.25, -0.2) is 4.39 Å². The fraction of sp³-hybridized carbons (Fsp3) is 0.267. The van der Waals surface area contributed by atoms with Gasteiger partial charge in [0, 0.05) is 11.8 Å². The fourth-order valence-electron chi connectivity index (χ4n) is 2.22. The maximum atomic E-state index is 13.1. The molecule has 0 amide bonds. The van der Waals surface area contributed by atoms with E-state index in [1.807, 2.05) is 13.0 Å². The highest BCUT2D eigenvalue weighted by Crippen LogP contribution is 2.27. The number of rotatable bonds is 5. The molecule has 0 aliphatic heterocycles. The molecule has 2 aromatic rings. The smallest absolute Gasteiger partial charge is 0.141 e. The summed E-state index contributed by atoms with van der Waals surface area (Å²) in [5.41, 5.74) is 5.64. The van der Waals surface area contributed by atoms with Gasteiger partial charge in [-0.05, 0) is 42.7 Å². The number of aromatic nitrogens is 1. The fourth-order valence-corrected chi connectivity index (χ4v) is 2.22. The SMILES string of the molecule is COc1cnccc1C(Cc1ccc(F)cc1C)NN. The maximum absolute atomic E-state index is 13.1. The van der Waals surface area contributed by atoms with E-state index in [9.17, 15) is 4.39 Å². The van der Waals surface area contributed by atoms with Crippen LogP contribution in [0.4, 0.5) is 4.39 Å². The van der Waals surface area contributed by atoms with Crippen molar-refractivity contribution in [3.63, 3.8) is 0 Å². The molecule has 1 heterocycles. The van der Waals surface area contributed by atoms with Crippen LogP contribution in [0, 0.1) is 12.7 Å². The minimum absolute atomic E-state index is 0.128. The Labute approximate surface area is 117 Å². The van der Waals surface area contributed by atoms with Crippen LogP contribution in [0.1, 0.15) is 22.7 Å². The summed E-state index contributed by atoms with van der Waals surface area (Å²) in [5, 5.41) is 0. The molecular formula is C15H18FN3O. The number of nitrogens with one attached hydrogen (secondary N) is 1. The van der Waals surface area contributed by atoms with Crippen LogP contribution in [0.3, 0.4) is 0 Å². The second-order valence-electron chi connectivity index (χ2n) is 4.61.